The average Bonchev–Trinajstić information content (AvgIpc) is 3.52. The van der Waals surface area contributed by atoms with Gasteiger partial charge in [0.1, 0.15) is 0 Å². The van der Waals surface area contributed by atoms with Crippen LogP contribution in [0.15, 0.2) is 30.3 Å². The smallest absolute Gasteiger partial charge is 0.339 e. The van der Waals surface area contributed by atoms with Crippen LogP contribution in [0.5, 0.6) is 0 Å². The van der Waals surface area contributed by atoms with E-state index in [1.165, 1.54) is 11.3 Å². The minimum atomic E-state index is -0.947. The molecule has 1 amide bonds. The van der Waals surface area contributed by atoms with E-state index in [0.29, 0.717) is 46.8 Å². The lowest BCUT2D eigenvalue weighted by molar-refractivity contribution is -0.00347. The summed E-state index contributed by atoms with van der Waals surface area (Å²) in [7, 11) is 1.62. The molecular formula is C24H29ClN6O4S. The molecule has 12 heteroatoms. The molecule has 2 aromatic heterocycles. The first-order chi connectivity index (χ1) is 17.2. The van der Waals surface area contributed by atoms with E-state index in [1.807, 2.05) is 13.0 Å². The van der Waals surface area contributed by atoms with Crippen LogP contribution in [0, 0.1) is 0 Å². The van der Waals surface area contributed by atoms with Crippen LogP contribution in [0.25, 0.3) is 0 Å². The van der Waals surface area contributed by atoms with E-state index < -0.39 is 11.6 Å². The zero-order valence-corrected chi connectivity index (χ0v) is 22.2. The topological polar surface area (TPSA) is 122 Å². The molecule has 3 heterocycles. The second-order valence-corrected chi connectivity index (χ2v) is 10.3. The van der Waals surface area contributed by atoms with E-state index in [9.17, 15) is 9.59 Å². The summed E-state index contributed by atoms with van der Waals surface area (Å²) in [5.74, 6) is -0.551. The molecule has 1 saturated heterocycles. The Morgan fingerprint density at radius 2 is 2.03 bits per heavy atom. The van der Waals surface area contributed by atoms with Crippen LogP contribution in [0.4, 0.5) is 5.13 Å². The summed E-state index contributed by atoms with van der Waals surface area (Å²) in [6.45, 7) is 6.68. The van der Waals surface area contributed by atoms with Gasteiger partial charge in [-0.2, -0.15) is 0 Å². The quantitative estimate of drug-likeness (QED) is 0.422. The molecule has 36 heavy (non-hydrogen) atoms. The number of benzene rings is 1. The number of methoxy groups -OCH3 is 1. The number of anilines is 1. The molecule has 4 rings (SSSR count). The Labute approximate surface area is 218 Å². The first-order valence-corrected chi connectivity index (χ1v) is 12.9. The number of aryl methyl sites for hydroxylation is 1. The second-order valence-electron chi connectivity index (χ2n) is 8.95. The largest absolute Gasteiger partial charge is 0.449 e. The minimum absolute atomic E-state index is 0.190. The second kappa shape index (κ2) is 10.9. The highest BCUT2D eigenvalue weighted by Gasteiger charge is 2.35. The van der Waals surface area contributed by atoms with E-state index in [4.69, 9.17) is 21.1 Å². The van der Waals surface area contributed by atoms with Gasteiger partial charge in [-0.1, -0.05) is 48.1 Å². The number of hydrogen-bond donors (Lipinski definition) is 2. The molecule has 2 atom stereocenters. The summed E-state index contributed by atoms with van der Waals surface area (Å²) in [4.78, 5) is 34.4. The van der Waals surface area contributed by atoms with Gasteiger partial charge in [-0.05, 0) is 38.8 Å². The van der Waals surface area contributed by atoms with Crippen LogP contribution in [0.1, 0.15) is 58.9 Å². The van der Waals surface area contributed by atoms with Gasteiger partial charge in [-0.15, -0.1) is 10.2 Å². The highest BCUT2D eigenvalue weighted by atomic mass is 35.5. The van der Waals surface area contributed by atoms with Crippen molar-refractivity contribution in [3.8, 4) is 0 Å². The van der Waals surface area contributed by atoms with Gasteiger partial charge in [0.25, 0.3) is 5.91 Å². The number of imidazole rings is 1. The van der Waals surface area contributed by atoms with Crippen molar-refractivity contribution in [3.05, 3.63) is 57.6 Å². The molecule has 1 aliphatic heterocycles. The van der Waals surface area contributed by atoms with Gasteiger partial charge in [-0.3, -0.25) is 4.79 Å². The van der Waals surface area contributed by atoms with Crippen LogP contribution in [-0.4, -0.2) is 64.4 Å². The fourth-order valence-electron chi connectivity index (χ4n) is 3.96. The molecular weight excluding hydrogens is 504 g/mol. The molecule has 0 unspecified atom stereocenters. The van der Waals surface area contributed by atoms with Crippen LogP contribution >= 0.6 is 22.9 Å². The molecule has 0 spiro atoms. The van der Waals surface area contributed by atoms with Crippen LogP contribution in [0.2, 0.25) is 5.15 Å². The summed E-state index contributed by atoms with van der Waals surface area (Å²) < 4.78 is 11.4. The molecule has 10 nitrogen and oxygen atoms in total. The molecule has 0 bridgehead atoms. The maximum Gasteiger partial charge on any atom is 0.339 e. The number of aromatic amines is 1. The average molecular weight is 533 g/mol. The third kappa shape index (κ3) is 5.69. The van der Waals surface area contributed by atoms with Crippen molar-refractivity contribution in [1.29, 1.82) is 0 Å². The first-order valence-electron chi connectivity index (χ1n) is 11.7. The standard InChI is InChI=1S/C24H29ClN6O4S/c1-5-15-18(25)28-19(26-15)20(32)27-16-11-12-31(13-17(16)34-4)23-30-29-22(36-23)24(2,3)35-21(33)14-9-7-6-8-10-14/h6-10,16-17H,5,11-13H2,1-4H3,(H,26,28)(H,27,32)/t16-,17+/m1/s1. The predicted octanol–water partition coefficient (Wildman–Crippen LogP) is 3.59. The van der Waals surface area contributed by atoms with Gasteiger partial charge in [0.2, 0.25) is 5.13 Å². The molecule has 3 aromatic rings. The fourth-order valence-corrected chi connectivity index (χ4v) is 5.14. The van der Waals surface area contributed by atoms with Gasteiger partial charge in [0.15, 0.2) is 21.6 Å². The molecule has 1 fully saturated rings. The number of carbonyl (C=O) groups is 2. The lowest BCUT2D eigenvalue weighted by Gasteiger charge is -2.37. The number of H-pyrrole nitrogens is 1. The number of esters is 1. The zero-order chi connectivity index (χ0) is 25.9. The Morgan fingerprint density at radius 1 is 1.28 bits per heavy atom. The fraction of sp³-hybridized carbons (Fsp3) is 0.458. The van der Waals surface area contributed by atoms with Crippen molar-refractivity contribution in [3.63, 3.8) is 0 Å². The molecule has 1 aromatic carbocycles. The number of ether oxygens (including phenoxy) is 2. The number of amides is 1. The minimum Gasteiger partial charge on any atom is -0.449 e. The monoisotopic (exact) mass is 532 g/mol. The van der Waals surface area contributed by atoms with Crippen molar-refractivity contribution in [2.75, 3.05) is 25.1 Å². The Hall–Kier alpha value is -3.02. The molecule has 0 saturated carbocycles. The number of hydrogen-bond acceptors (Lipinski definition) is 9. The summed E-state index contributed by atoms with van der Waals surface area (Å²) in [5, 5.41) is 13.2. The lowest BCUT2D eigenvalue weighted by atomic mass is 10.0. The van der Waals surface area contributed by atoms with Crippen molar-refractivity contribution in [2.45, 2.75) is 51.4 Å². The summed E-state index contributed by atoms with van der Waals surface area (Å²) in [5.41, 5.74) is 0.256. The SMILES string of the molecule is CCc1[nH]c(C(=O)N[C@@H]2CCN(c3nnc(C(C)(C)OC(=O)c4ccccc4)s3)C[C@@H]2OC)nc1Cl. The van der Waals surface area contributed by atoms with Gasteiger partial charge in [0.05, 0.1) is 23.4 Å². The Bertz CT molecular complexity index is 1210. The predicted molar refractivity (Wildman–Crippen MR) is 137 cm³/mol. The number of rotatable bonds is 8. The molecule has 2 N–H and O–H groups in total. The number of piperidine rings is 1. The summed E-state index contributed by atoms with van der Waals surface area (Å²) >= 11 is 7.44. The Kier molecular flexibility index (Phi) is 7.91. The van der Waals surface area contributed by atoms with Crippen molar-refractivity contribution in [1.82, 2.24) is 25.5 Å². The number of aromatic nitrogens is 4. The molecule has 192 valence electrons. The number of nitrogens with one attached hydrogen (secondary N) is 2. The van der Waals surface area contributed by atoms with Gasteiger partial charge >= 0.3 is 5.97 Å². The highest BCUT2D eigenvalue weighted by molar-refractivity contribution is 7.15. The maximum absolute atomic E-state index is 12.7. The van der Waals surface area contributed by atoms with Crippen LogP contribution in [-0.2, 0) is 21.5 Å². The van der Waals surface area contributed by atoms with Crippen molar-refractivity contribution < 1.29 is 19.1 Å². The Morgan fingerprint density at radius 3 is 2.69 bits per heavy atom. The summed E-state index contributed by atoms with van der Waals surface area (Å²) in [6, 6.07) is 8.63. The third-order valence-electron chi connectivity index (χ3n) is 6.03. The molecule has 0 aliphatic carbocycles. The molecule has 0 radical (unpaired) electrons. The first kappa shape index (κ1) is 26.1. The summed E-state index contributed by atoms with van der Waals surface area (Å²) in [6.07, 6.45) is 1.03. The van der Waals surface area contributed by atoms with E-state index in [2.05, 4.69) is 30.4 Å². The maximum atomic E-state index is 12.7. The number of carbonyl (C=O) groups excluding carboxylic acids is 2. The third-order valence-corrected chi connectivity index (χ3v) is 7.63. The zero-order valence-electron chi connectivity index (χ0n) is 20.6. The number of halogens is 1. The van der Waals surface area contributed by atoms with Gasteiger partial charge in [-0.25, -0.2) is 9.78 Å². The Balaban J connectivity index is 1.39. The number of nitrogens with zero attached hydrogens (tertiary/aromatic N) is 4. The van der Waals surface area contributed by atoms with E-state index in [0.717, 1.165) is 5.69 Å². The van der Waals surface area contributed by atoms with Crippen molar-refractivity contribution in [2.24, 2.45) is 0 Å². The van der Waals surface area contributed by atoms with Crippen LogP contribution in [0.3, 0.4) is 0 Å². The van der Waals surface area contributed by atoms with E-state index in [1.54, 1.807) is 45.2 Å². The van der Waals surface area contributed by atoms with Crippen LogP contribution < -0.4 is 10.2 Å². The lowest BCUT2D eigenvalue weighted by Crippen LogP contribution is -2.55. The normalized spacial score (nSPS) is 18.2. The van der Waals surface area contributed by atoms with Gasteiger partial charge < -0.3 is 24.7 Å². The highest BCUT2D eigenvalue weighted by Crippen LogP contribution is 2.33. The molecule has 1 aliphatic rings. The van der Waals surface area contributed by atoms with Crippen molar-refractivity contribution >= 4 is 39.9 Å². The van der Waals surface area contributed by atoms with Gasteiger partial charge in [0, 0.05) is 20.2 Å². The van der Waals surface area contributed by atoms with E-state index >= 15 is 0 Å². The van der Waals surface area contributed by atoms with E-state index in [-0.39, 0.29) is 23.9 Å².